The van der Waals surface area contributed by atoms with Gasteiger partial charge in [0.2, 0.25) is 5.60 Å². The lowest BCUT2D eigenvalue weighted by Gasteiger charge is -2.25. The smallest absolute Gasteiger partial charge is 0.373 e. The van der Waals surface area contributed by atoms with Crippen LogP contribution < -0.4 is 5.32 Å². The second-order valence-electron chi connectivity index (χ2n) is 4.98. The number of sulfone groups is 1. The zero-order chi connectivity index (χ0) is 18.1. The first-order chi connectivity index (χ1) is 10.3. The van der Waals surface area contributed by atoms with Crippen molar-refractivity contribution in [2.75, 3.05) is 11.1 Å². The van der Waals surface area contributed by atoms with E-state index in [-0.39, 0.29) is 21.4 Å². The monoisotopic (exact) mass is 373 g/mol. The average Bonchev–Trinajstić information content (AvgIpc) is 2.39. The predicted octanol–water partition coefficient (Wildman–Crippen LogP) is 2.78. The minimum Gasteiger partial charge on any atom is -0.373 e. The number of hydrogen-bond acceptors (Lipinski definition) is 4. The van der Waals surface area contributed by atoms with Crippen molar-refractivity contribution in [1.82, 2.24) is 0 Å². The normalized spacial score (nSPS) is 15.1. The number of carbonyl (C=O) groups is 1. The summed E-state index contributed by atoms with van der Waals surface area (Å²) in [7, 11) is -3.56. The first kappa shape index (κ1) is 19.7. The zero-order valence-electron chi connectivity index (χ0n) is 12.2. The fourth-order valence-corrected chi connectivity index (χ4v) is 3.19. The Morgan fingerprint density at radius 3 is 2.35 bits per heavy atom. The molecular weight excluding hydrogens is 359 g/mol. The molecule has 5 nitrogen and oxygen atoms in total. The van der Waals surface area contributed by atoms with Gasteiger partial charge in [-0.25, -0.2) is 8.42 Å². The third-order valence-electron chi connectivity index (χ3n) is 3.01. The summed E-state index contributed by atoms with van der Waals surface area (Å²) in [5.74, 6) is -1.84. The van der Waals surface area contributed by atoms with Crippen molar-refractivity contribution in [2.24, 2.45) is 0 Å². The fraction of sp³-hybridized carbons (Fsp3) is 0.462. The van der Waals surface area contributed by atoms with E-state index in [9.17, 15) is 31.5 Å². The number of benzene rings is 1. The number of aliphatic hydroxyl groups is 1. The van der Waals surface area contributed by atoms with Crippen LogP contribution in [0, 0.1) is 0 Å². The number of anilines is 1. The molecule has 130 valence electrons. The van der Waals surface area contributed by atoms with Gasteiger partial charge in [0.05, 0.1) is 21.4 Å². The number of alkyl halides is 3. The summed E-state index contributed by atoms with van der Waals surface area (Å²) in [6.07, 6.45) is -4.79. The van der Waals surface area contributed by atoms with Crippen molar-refractivity contribution in [2.45, 2.75) is 36.9 Å². The molecule has 0 aromatic heterocycles. The highest BCUT2D eigenvalue weighted by molar-refractivity contribution is 7.91. The number of nitrogens with one attached hydrogen (secondary N) is 1. The van der Waals surface area contributed by atoms with Crippen molar-refractivity contribution in [3.05, 3.63) is 23.2 Å². The molecule has 0 aliphatic heterocycles. The van der Waals surface area contributed by atoms with Crippen LogP contribution in [-0.4, -0.2) is 37.0 Å². The predicted molar refractivity (Wildman–Crippen MR) is 79.1 cm³/mol. The highest BCUT2D eigenvalue weighted by Gasteiger charge is 2.55. The summed E-state index contributed by atoms with van der Waals surface area (Å²) in [5.41, 5.74) is -3.85. The van der Waals surface area contributed by atoms with Gasteiger partial charge in [-0.15, -0.1) is 0 Å². The van der Waals surface area contributed by atoms with E-state index in [1.165, 1.54) is 0 Å². The molecule has 23 heavy (non-hydrogen) atoms. The molecule has 1 atom stereocenters. The Kier molecular flexibility index (Phi) is 5.71. The van der Waals surface area contributed by atoms with Gasteiger partial charge < -0.3 is 10.4 Å². The summed E-state index contributed by atoms with van der Waals surface area (Å²) < 4.78 is 61.5. The first-order valence-electron chi connectivity index (χ1n) is 6.45. The average molecular weight is 374 g/mol. The second kappa shape index (κ2) is 6.66. The Labute approximate surface area is 136 Å². The van der Waals surface area contributed by atoms with Gasteiger partial charge in [0.1, 0.15) is 0 Å². The van der Waals surface area contributed by atoms with Crippen molar-refractivity contribution in [3.8, 4) is 0 Å². The fourth-order valence-electron chi connectivity index (χ4n) is 1.55. The van der Waals surface area contributed by atoms with E-state index in [4.69, 9.17) is 11.6 Å². The zero-order valence-corrected chi connectivity index (χ0v) is 13.8. The van der Waals surface area contributed by atoms with Crippen LogP contribution >= 0.6 is 11.6 Å². The SMILES string of the molecule is CCCS(=O)(=O)c1ccc(NC(=O)C(C)(O)C(F)(F)F)c(Cl)c1. The van der Waals surface area contributed by atoms with Crippen LogP contribution in [-0.2, 0) is 14.6 Å². The Morgan fingerprint density at radius 1 is 1.35 bits per heavy atom. The molecule has 0 aliphatic carbocycles. The molecule has 0 fully saturated rings. The van der Waals surface area contributed by atoms with Crippen LogP contribution in [0.3, 0.4) is 0 Å². The molecule has 1 unspecified atom stereocenters. The van der Waals surface area contributed by atoms with Crippen LogP contribution in [0.5, 0.6) is 0 Å². The highest BCUT2D eigenvalue weighted by atomic mass is 35.5. The molecule has 0 radical (unpaired) electrons. The molecule has 1 rings (SSSR count). The van der Waals surface area contributed by atoms with Gasteiger partial charge in [0.15, 0.2) is 9.84 Å². The molecule has 1 aromatic carbocycles. The van der Waals surface area contributed by atoms with E-state index in [2.05, 4.69) is 0 Å². The molecule has 0 bridgehead atoms. The standard InChI is InChI=1S/C13H15ClF3NO4S/c1-3-6-23(21,22)8-4-5-10(9(14)7-8)18-11(19)12(2,20)13(15,16)17/h4-5,7,20H,3,6H2,1-2H3,(H,18,19). The maximum atomic E-state index is 12.6. The largest absolute Gasteiger partial charge is 0.426 e. The molecule has 10 heteroatoms. The van der Waals surface area contributed by atoms with Gasteiger partial charge in [-0.2, -0.15) is 13.2 Å². The lowest BCUT2D eigenvalue weighted by Crippen LogP contribution is -2.52. The second-order valence-corrected chi connectivity index (χ2v) is 7.50. The molecule has 1 amide bonds. The number of hydrogen-bond donors (Lipinski definition) is 2. The van der Waals surface area contributed by atoms with Crippen molar-refractivity contribution >= 4 is 33.0 Å². The van der Waals surface area contributed by atoms with Crippen molar-refractivity contribution in [3.63, 3.8) is 0 Å². The van der Waals surface area contributed by atoms with Gasteiger partial charge in [-0.3, -0.25) is 4.79 Å². The van der Waals surface area contributed by atoms with Crippen LogP contribution in [0.15, 0.2) is 23.1 Å². The molecule has 0 spiro atoms. The van der Waals surface area contributed by atoms with E-state index in [1.807, 2.05) is 5.32 Å². The number of halogens is 4. The lowest BCUT2D eigenvalue weighted by atomic mass is 10.1. The number of rotatable bonds is 5. The van der Waals surface area contributed by atoms with Gasteiger partial charge in [0, 0.05) is 0 Å². The third kappa shape index (κ3) is 4.36. The Bertz CT molecular complexity index is 702. The van der Waals surface area contributed by atoms with E-state index in [0.29, 0.717) is 13.3 Å². The van der Waals surface area contributed by atoms with E-state index < -0.39 is 27.5 Å². The van der Waals surface area contributed by atoms with Crippen LogP contribution in [0.4, 0.5) is 18.9 Å². The molecule has 2 N–H and O–H groups in total. The van der Waals surface area contributed by atoms with Crippen LogP contribution in [0.25, 0.3) is 0 Å². The van der Waals surface area contributed by atoms with Crippen LogP contribution in [0.1, 0.15) is 20.3 Å². The highest BCUT2D eigenvalue weighted by Crippen LogP contribution is 2.32. The molecule has 0 aliphatic rings. The quantitative estimate of drug-likeness (QED) is 0.831. The minimum atomic E-state index is -5.17. The van der Waals surface area contributed by atoms with Crippen molar-refractivity contribution in [1.29, 1.82) is 0 Å². The van der Waals surface area contributed by atoms with E-state index in [0.717, 1.165) is 18.2 Å². The van der Waals surface area contributed by atoms with Gasteiger partial charge in [-0.1, -0.05) is 18.5 Å². The minimum absolute atomic E-state index is 0.107. The molecular formula is C13H15ClF3NO4S. The molecule has 0 saturated carbocycles. The van der Waals surface area contributed by atoms with Gasteiger partial charge in [-0.05, 0) is 31.5 Å². The third-order valence-corrected chi connectivity index (χ3v) is 5.25. The maximum Gasteiger partial charge on any atom is 0.426 e. The van der Waals surface area contributed by atoms with Gasteiger partial charge >= 0.3 is 6.18 Å². The van der Waals surface area contributed by atoms with E-state index in [1.54, 1.807) is 6.92 Å². The Balaban J connectivity index is 3.08. The molecule has 0 saturated heterocycles. The number of carbonyl (C=O) groups excluding carboxylic acids is 1. The first-order valence-corrected chi connectivity index (χ1v) is 8.49. The Morgan fingerprint density at radius 2 is 1.91 bits per heavy atom. The van der Waals surface area contributed by atoms with E-state index >= 15 is 0 Å². The summed E-state index contributed by atoms with van der Waals surface area (Å²) in [6, 6.07) is 3.22. The molecule has 1 aromatic rings. The Hall–Kier alpha value is -1.32. The number of amides is 1. The summed E-state index contributed by atoms with van der Waals surface area (Å²) in [6.45, 7) is 1.98. The maximum absolute atomic E-state index is 12.6. The summed E-state index contributed by atoms with van der Waals surface area (Å²) >= 11 is 5.80. The van der Waals surface area contributed by atoms with Gasteiger partial charge in [0.25, 0.3) is 5.91 Å². The van der Waals surface area contributed by atoms with Crippen LogP contribution in [0.2, 0.25) is 5.02 Å². The topological polar surface area (TPSA) is 83.5 Å². The summed E-state index contributed by atoms with van der Waals surface area (Å²) in [5, 5.41) is 10.8. The molecule has 0 heterocycles. The lowest BCUT2D eigenvalue weighted by molar-refractivity contribution is -0.242. The van der Waals surface area contributed by atoms with Crippen molar-refractivity contribution < 1.29 is 31.5 Å². The summed E-state index contributed by atoms with van der Waals surface area (Å²) in [4.78, 5) is 11.5.